The average molecular weight is 351 g/mol. The van der Waals surface area contributed by atoms with E-state index in [1.54, 1.807) is 30.3 Å². The highest BCUT2D eigenvalue weighted by molar-refractivity contribution is 7.09. The number of carbonyl (C=O) groups is 1. The average Bonchev–Trinajstić information content (AvgIpc) is 3.01. The lowest BCUT2D eigenvalue weighted by atomic mass is 9.80. The molecule has 2 N–H and O–H groups in total. The van der Waals surface area contributed by atoms with Crippen molar-refractivity contribution in [2.75, 3.05) is 20.6 Å². The predicted molar refractivity (Wildman–Crippen MR) is 101 cm³/mol. The number of rotatable bonds is 5. The van der Waals surface area contributed by atoms with Gasteiger partial charge in [0, 0.05) is 25.0 Å². The maximum absolute atomic E-state index is 11.8. The van der Waals surface area contributed by atoms with Gasteiger partial charge in [-0.15, -0.1) is 11.3 Å². The monoisotopic (exact) mass is 350 g/mol. The molecule has 2 atom stereocenters. The van der Waals surface area contributed by atoms with Gasteiger partial charge in [-0.3, -0.25) is 4.79 Å². The summed E-state index contributed by atoms with van der Waals surface area (Å²) >= 11 is 1.72. The van der Waals surface area contributed by atoms with E-state index in [2.05, 4.69) is 40.9 Å². The summed E-state index contributed by atoms with van der Waals surface area (Å²) in [5.74, 6) is 2.21. The summed E-state index contributed by atoms with van der Waals surface area (Å²) in [6.45, 7) is 5.54. The van der Waals surface area contributed by atoms with Crippen LogP contribution in [0.3, 0.4) is 0 Å². The molecule has 0 saturated heterocycles. The molecule has 1 saturated carbocycles. The molecule has 0 bridgehead atoms. The third-order valence-corrected chi connectivity index (χ3v) is 5.28. The minimum Gasteiger partial charge on any atom is -0.354 e. The number of thiophene rings is 1. The van der Waals surface area contributed by atoms with Crippen LogP contribution in [0.2, 0.25) is 0 Å². The molecule has 1 aromatic rings. The standard InChI is InChI=1S/C18H30N4OS/c1-13-8-14(2)10-15(9-13)21-18(20-12-17(23)22(3)4)19-11-16-6-5-7-24-16/h5-7,13-15H,8-12H2,1-4H3,(H2,19,20,21). The van der Waals surface area contributed by atoms with E-state index in [0.29, 0.717) is 6.04 Å². The topological polar surface area (TPSA) is 56.7 Å². The van der Waals surface area contributed by atoms with Crippen molar-refractivity contribution in [3.8, 4) is 0 Å². The zero-order valence-electron chi connectivity index (χ0n) is 15.2. The summed E-state index contributed by atoms with van der Waals surface area (Å²) in [4.78, 5) is 19.2. The Hall–Kier alpha value is -1.56. The van der Waals surface area contributed by atoms with E-state index in [1.807, 2.05) is 6.07 Å². The Kier molecular flexibility index (Phi) is 7.09. The number of likely N-dealkylation sites (N-methyl/N-ethyl adjacent to an activating group) is 1. The van der Waals surface area contributed by atoms with E-state index in [-0.39, 0.29) is 12.5 Å². The van der Waals surface area contributed by atoms with Gasteiger partial charge in [-0.2, -0.15) is 0 Å². The molecule has 0 aliphatic heterocycles. The first kappa shape index (κ1) is 18.8. The first-order chi connectivity index (χ1) is 11.4. The van der Waals surface area contributed by atoms with Crippen molar-refractivity contribution in [2.45, 2.75) is 45.7 Å². The minimum absolute atomic E-state index is 0.0117. The Balaban J connectivity index is 1.97. The predicted octanol–water partition coefficient (Wildman–Crippen LogP) is 2.70. The Bertz CT molecular complexity index is 531. The minimum atomic E-state index is 0.0117. The van der Waals surface area contributed by atoms with Gasteiger partial charge in [0.25, 0.3) is 0 Å². The summed E-state index contributed by atoms with van der Waals surface area (Å²) < 4.78 is 0. The Morgan fingerprint density at radius 3 is 2.58 bits per heavy atom. The zero-order valence-corrected chi connectivity index (χ0v) is 16.0. The molecule has 134 valence electrons. The van der Waals surface area contributed by atoms with E-state index >= 15 is 0 Å². The van der Waals surface area contributed by atoms with E-state index in [9.17, 15) is 4.79 Å². The summed E-state index contributed by atoms with van der Waals surface area (Å²) in [7, 11) is 3.52. The maximum Gasteiger partial charge on any atom is 0.243 e. The van der Waals surface area contributed by atoms with Crippen molar-refractivity contribution >= 4 is 23.2 Å². The van der Waals surface area contributed by atoms with Crippen LogP contribution in [0, 0.1) is 11.8 Å². The van der Waals surface area contributed by atoms with Gasteiger partial charge >= 0.3 is 0 Å². The summed E-state index contributed by atoms with van der Waals surface area (Å²) in [6, 6.07) is 4.57. The van der Waals surface area contributed by atoms with Crippen molar-refractivity contribution in [1.82, 2.24) is 15.5 Å². The maximum atomic E-state index is 11.8. The van der Waals surface area contributed by atoms with Gasteiger partial charge in [0.1, 0.15) is 6.54 Å². The number of nitrogens with zero attached hydrogens (tertiary/aromatic N) is 2. The Labute approximate surface area is 149 Å². The third kappa shape index (κ3) is 6.15. The molecule has 6 heteroatoms. The number of aliphatic imine (C=N–C) groups is 1. The first-order valence-electron chi connectivity index (χ1n) is 8.71. The number of nitrogens with one attached hydrogen (secondary N) is 2. The van der Waals surface area contributed by atoms with Crippen molar-refractivity contribution in [3.63, 3.8) is 0 Å². The van der Waals surface area contributed by atoms with Crippen molar-refractivity contribution in [1.29, 1.82) is 0 Å². The van der Waals surface area contributed by atoms with Crippen LogP contribution >= 0.6 is 11.3 Å². The smallest absolute Gasteiger partial charge is 0.243 e. The van der Waals surface area contributed by atoms with Crippen molar-refractivity contribution < 1.29 is 4.79 Å². The second kappa shape index (κ2) is 9.06. The quantitative estimate of drug-likeness (QED) is 0.634. The Morgan fingerprint density at radius 1 is 1.29 bits per heavy atom. The first-order valence-corrected chi connectivity index (χ1v) is 9.59. The van der Waals surface area contributed by atoms with Gasteiger partial charge in [-0.05, 0) is 42.5 Å². The molecule has 0 aromatic carbocycles. The van der Waals surface area contributed by atoms with Gasteiger partial charge in [0.15, 0.2) is 5.96 Å². The Morgan fingerprint density at radius 2 is 2.00 bits per heavy atom. The van der Waals surface area contributed by atoms with Gasteiger partial charge in [0.05, 0.1) is 6.54 Å². The SMILES string of the molecule is CC1CC(C)CC(NC(=NCC(=O)N(C)C)NCc2cccs2)C1. The summed E-state index contributed by atoms with van der Waals surface area (Å²) in [5, 5.41) is 8.99. The van der Waals surface area contributed by atoms with E-state index < -0.39 is 0 Å². The van der Waals surface area contributed by atoms with Gasteiger partial charge in [-0.25, -0.2) is 4.99 Å². The fraction of sp³-hybridized carbons (Fsp3) is 0.667. The summed E-state index contributed by atoms with van der Waals surface area (Å²) in [5.41, 5.74) is 0. The molecule has 24 heavy (non-hydrogen) atoms. The lowest BCUT2D eigenvalue weighted by Crippen LogP contribution is -2.46. The van der Waals surface area contributed by atoms with Gasteiger partial charge in [-0.1, -0.05) is 19.9 Å². The second-order valence-electron chi connectivity index (χ2n) is 7.14. The van der Waals surface area contributed by atoms with Crippen LogP contribution in [0.25, 0.3) is 0 Å². The second-order valence-corrected chi connectivity index (χ2v) is 8.18. The highest BCUT2D eigenvalue weighted by Gasteiger charge is 2.24. The highest BCUT2D eigenvalue weighted by Crippen LogP contribution is 2.28. The van der Waals surface area contributed by atoms with Crippen LogP contribution in [-0.4, -0.2) is 43.4 Å². The molecule has 2 unspecified atom stereocenters. The molecule has 1 aliphatic rings. The van der Waals surface area contributed by atoms with E-state index in [4.69, 9.17) is 0 Å². The van der Waals surface area contributed by atoms with Gasteiger partial charge in [0.2, 0.25) is 5.91 Å². The van der Waals surface area contributed by atoms with Gasteiger partial charge < -0.3 is 15.5 Å². The largest absolute Gasteiger partial charge is 0.354 e. The molecular formula is C18H30N4OS. The number of guanidine groups is 1. The number of hydrogen-bond acceptors (Lipinski definition) is 3. The molecule has 1 heterocycles. The zero-order chi connectivity index (χ0) is 17.5. The summed E-state index contributed by atoms with van der Waals surface area (Å²) in [6.07, 6.45) is 3.61. The van der Waals surface area contributed by atoms with E-state index in [0.717, 1.165) is 37.2 Å². The fourth-order valence-electron chi connectivity index (χ4n) is 3.28. The molecular weight excluding hydrogens is 320 g/mol. The van der Waals surface area contributed by atoms with Crippen molar-refractivity contribution in [2.24, 2.45) is 16.8 Å². The highest BCUT2D eigenvalue weighted by atomic mass is 32.1. The molecule has 0 radical (unpaired) electrons. The van der Waals surface area contributed by atoms with Crippen LogP contribution in [0.15, 0.2) is 22.5 Å². The fourth-order valence-corrected chi connectivity index (χ4v) is 3.93. The number of hydrogen-bond donors (Lipinski definition) is 2. The molecule has 2 rings (SSSR count). The normalized spacial score (nSPS) is 24.5. The molecule has 1 amide bonds. The molecule has 0 spiro atoms. The number of carbonyl (C=O) groups excluding carboxylic acids is 1. The van der Waals surface area contributed by atoms with Crippen LogP contribution in [0.1, 0.15) is 38.0 Å². The third-order valence-electron chi connectivity index (χ3n) is 4.40. The lowest BCUT2D eigenvalue weighted by molar-refractivity contribution is -0.127. The van der Waals surface area contributed by atoms with Crippen LogP contribution in [-0.2, 0) is 11.3 Å². The molecule has 1 aromatic heterocycles. The molecule has 1 aliphatic carbocycles. The lowest BCUT2D eigenvalue weighted by Gasteiger charge is -2.33. The molecule has 5 nitrogen and oxygen atoms in total. The number of amides is 1. The van der Waals surface area contributed by atoms with Crippen molar-refractivity contribution in [3.05, 3.63) is 22.4 Å². The van der Waals surface area contributed by atoms with Crippen LogP contribution in [0.5, 0.6) is 0 Å². The van der Waals surface area contributed by atoms with Crippen LogP contribution in [0.4, 0.5) is 0 Å². The molecule has 1 fully saturated rings. The van der Waals surface area contributed by atoms with E-state index in [1.165, 1.54) is 11.3 Å². The van der Waals surface area contributed by atoms with Crippen LogP contribution < -0.4 is 10.6 Å².